The molecule has 0 heterocycles. The highest BCUT2D eigenvalue weighted by Crippen LogP contribution is 2.37. The Morgan fingerprint density at radius 3 is 2.21 bits per heavy atom. The quantitative estimate of drug-likeness (QED) is 0.628. The van der Waals surface area contributed by atoms with Crippen LogP contribution in [-0.4, -0.2) is 47.3 Å². The third kappa shape index (κ3) is 2.96. The number of rotatable bonds is 6. The molecule has 1 amide bonds. The van der Waals surface area contributed by atoms with Gasteiger partial charge in [-0.05, 0) is 18.8 Å². The van der Waals surface area contributed by atoms with Crippen LogP contribution in [0.1, 0.15) is 19.8 Å². The molecule has 0 aromatic heterocycles. The van der Waals surface area contributed by atoms with Crippen LogP contribution in [0.4, 0.5) is 0 Å². The van der Waals surface area contributed by atoms with Crippen molar-refractivity contribution in [3.63, 3.8) is 0 Å². The summed E-state index contributed by atoms with van der Waals surface area (Å²) in [5.74, 6) is 0.645. The molecule has 0 aromatic carbocycles. The van der Waals surface area contributed by atoms with E-state index in [2.05, 4.69) is 0 Å². The van der Waals surface area contributed by atoms with Crippen molar-refractivity contribution >= 4 is 5.91 Å². The largest absolute Gasteiger partial charge is 0.395 e. The summed E-state index contributed by atoms with van der Waals surface area (Å²) in [5.41, 5.74) is 0. The zero-order valence-electron chi connectivity index (χ0n) is 8.65. The second-order valence-corrected chi connectivity index (χ2v) is 3.90. The zero-order valence-corrected chi connectivity index (χ0v) is 8.65. The molecule has 1 aliphatic carbocycles. The lowest BCUT2D eigenvalue weighted by Crippen LogP contribution is -2.39. The third-order valence-electron chi connectivity index (χ3n) is 2.77. The van der Waals surface area contributed by atoms with Crippen molar-refractivity contribution in [3.05, 3.63) is 0 Å². The SMILES string of the molecule is CC(C(=O)N(CCO)CCO)C1CC1. The van der Waals surface area contributed by atoms with E-state index < -0.39 is 0 Å². The third-order valence-corrected chi connectivity index (χ3v) is 2.77. The van der Waals surface area contributed by atoms with E-state index in [1.165, 1.54) is 0 Å². The first-order valence-corrected chi connectivity index (χ1v) is 5.21. The Morgan fingerprint density at radius 1 is 1.36 bits per heavy atom. The molecule has 82 valence electrons. The topological polar surface area (TPSA) is 60.8 Å². The van der Waals surface area contributed by atoms with Crippen LogP contribution in [0, 0.1) is 11.8 Å². The molecule has 1 rings (SSSR count). The molecule has 1 fully saturated rings. The molecule has 0 bridgehead atoms. The van der Waals surface area contributed by atoms with Crippen LogP contribution in [0.2, 0.25) is 0 Å². The van der Waals surface area contributed by atoms with Crippen LogP contribution in [0.5, 0.6) is 0 Å². The number of nitrogens with zero attached hydrogens (tertiary/aromatic N) is 1. The van der Waals surface area contributed by atoms with Crippen molar-refractivity contribution in [1.82, 2.24) is 4.90 Å². The van der Waals surface area contributed by atoms with Gasteiger partial charge in [-0.1, -0.05) is 6.92 Å². The number of hydrogen-bond acceptors (Lipinski definition) is 3. The maximum absolute atomic E-state index is 11.8. The van der Waals surface area contributed by atoms with Crippen molar-refractivity contribution in [2.75, 3.05) is 26.3 Å². The highest BCUT2D eigenvalue weighted by atomic mass is 16.3. The Hall–Kier alpha value is -0.610. The average molecular weight is 201 g/mol. The van der Waals surface area contributed by atoms with E-state index in [0.29, 0.717) is 19.0 Å². The maximum atomic E-state index is 11.8. The predicted octanol–water partition coefficient (Wildman–Crippen LogP) is -0.154. The molecular formula is C10H19NO3. The molecule has 2 N–H and O–H groups in total. The van der Waals surface area contributed by atoms with Crippen molar-refractivity contribution in [3.8, 4) is 0 Å². The van der Waals surface area contributed by atoms with E-state index in [-0.39, 0.29) is 25.0 Å². The fourth-order valence-electron chi connectivity index (χ4n) is 1.66. The lowest BCUT2D eigenvalue weighted by molar-refractivity contribution is -0.136. The predicted molar refractivity (Wildman–Crippen MR) is 52.6 cm³/mol. The highest BCUT2D eigenvalue weighted by Gasteiger charge is 2.34. The van der Waals surface area contributed by atoms with Gasteiger partial charge in [0.2, 0.25) is 5.91 Å². The summed E-state index contributed by atoms with van der Waals surface area (Å²) in [6.45, 7) is 2.51. The van der Waals surface area contributed by atoms with Crippen molar-refractivity contribution in [1.29, 1.82) is 0 Å². The Labute approximate surface area is 84.5 Å². The second-order valence-electron chi connectivity index (χ2n) is 3.90. The molecule has 0 aliphatic heterocycles. The summed E-state index contributed by atoms with van der Waals surface area (Å²) < 4.78 is 0. The molecule has 1 aliphatic rings. The molecule has 0 saturated heterocycles. The highest BCUT2D eigenvalue weighted by molar-refractivity contribution is 5.79. The molecule has 4 heteroatoms. The van der Waals surface area contributed by atoms with Gasteiger partial charge in [-0.15, -0.1) is 0 Å². The molecule has 1 atom stereocenters. The molecule has 14 heavy (non-hydrogen) atoms. The summed E-state index contributed by atoms with van der Waals surface area (Å²) in [6.07, 6.45) is 2.28. The van der Waals surface area contributed by atoms with Gasteiger partial charge in [-0.2, -0.15) is 0 Å². The van der Waals surface area contributed by atoms with Gasteiger partial charge in [0.15, 0.2) is 0 Å². The van der Waals surface area contributed by atoms with E-state index in [1.807, 2.05) is 6.92 Å². The number of carbonyl (C=O) groups is 1. The fourth-order valence-corrected chi connectivity index (χ4v) is 1.66. The van der Waals surface area contributed by atoms with E-state index in [0.717, 1.165) is 12.8 Å². The fraction of sp³-hybridized carbons (Fsp3) is 0.900. The van der Waals surface area contributed by atoms with E-state index in [4.69, 9.17) is 10.2 Å². The first kappa shape index (κ1) is 11.5. The first-order chi connectivity index (χ1) is 6.70. The van der Waals surface area contributed by atoms with Gasteiger partial charge in [0.05, 0.1) is 13.2 Å². The molecule has 0 radical (unpaired) electrons. The lowest BCUT2D eigenvalue weighted by Gasteiger charge is -2.24. The van der Waals surface area contributed by atoms with Gasteiger partial charge < -0.3 is 15.1 Å². The van der Waals surface area contributed by atoms with Crippen molar-refractivity contribution in [2.24, 2.45) is 11.8 Å². The van der Waals surface area contributed by atoms with Crippen LogP contribution >= 0.6 is 0 Å². The van der Waals surface area contributed by atoms with Gasteiger partial charge in [0, 0.05) is 19.0 Å². The molecule has 0 spiro atoms. The molecule has 4 nitrogen and oxygen atoms in total. The summed E-state index contributed by atoms with van der Waals surface area (Å²) >= 11 is 0. The van der Waals surface area contributed by atoms with Crippen molar-refractivity contribution in [2.45, 2.75) is 19.8 Å². The van der Waals surface area contributed by atoms with Crippen LogP contribution in [0.25, 0.3) is 0 Å². The second kappa shape index (κ2) is 5.32. The zero-order chi connectivity index (χ0) is 10.6. The smallest absolute Gasteiger partial charge is 0.225 e. The molecule has 1 unspecified atom stereocenters. The van der Waals surface area contributed by atoms with E-state index in [1.54, 1.807) is 4.90 Å². The summed E-state index contributed by atoms with van der Waals surface area (Å²) in [7, 11) is 0. The maximum Gasteiger partial charge on any atom is 0.225 e. The Bertz CT molecular complexity index is 186. The Kier molecular flexibility index (Phi) is 4.35. The Balaban J connectivity index is 2.43. The molecule has 0 aromatic rings. The van der Waals surface area contributed by atoms with Gasteiger partial charge >= 0.3 is 0 Å². The number of hydrogen-bond donors (Lipinski definition) is 2. The van der Waals surface area contributed by atoms with Crippen LogP contribution < -0.4 is 0 Å². The summed E-state index contributed by atoms with van der Waals surface area (Å²) in [6, 6.07) is 0. The minimum Gasteiger partial charge on any atom is -0.395 e. The molecular weight excluding hydrogens is 182 g/mol. The van der Waals surface area contributed by atoms with Crippen LogP contribution in [-0.2, 0) is 4.79 Å². The first-order valence-electron chi connectivity index (χ1n) is 5.21. The van der Waals surface area contributed by atoms with Gasteiger partial charge in [0.25, 0.3) is 0 Å². The average Bonchev–Trinajstić information content (AvgIpc) is 2.98. The minimum absolute atomic E-state index is 0.0386. The van der Waals surface area contributed by atoms with Gasteiger partial charge in [0.1, 0.15) is 0 Å². The monoisotopic (exact) mass is 201 g/mol. The van der Waals surface area contributed by atoms with Crippen LogP contribution in [0.15, 0.2) is 0 Å². The number of amides is 1. The standard InChI is InChI=1S/C10H19NO3/c1-8(9-2-3-9)10(14)11(4-6-12)5-7-13/h8-9,12-13H,2-7H2,1H3. The molecule has 1 saturated carbocycles. The lowest BCUT2D eigenvalue weighted by atomic mass is 10.1. The number of aliphatic hydroxyl groups excluding tert-OH is 2. The summed E-state index contributed by atoms with van der Waals surface area (Å²) in [5, 5.41) is 17.5. The van der Waals surface area contributed by atoms with Gasteiger partial charge in [-0.3, -0.25) is 4.79 Å². The number of carbonyl (C=O) groups excluding carboxylic acids is 1. The van der Waals surface area contributed by atoms with Crippen molar-refractivity contribution < 1.29 is 15.0 Å². The number of aliphatic hydroxyl groups is 2. The van der Waals surface area contributed by atoms with Gasteiger partial charge in [-0.25, -0.2) is 0 Å². The van der Waals surface area contributed by atoms with E-state index >= 15 is 0 Å². The Morgan fingerprint density at radius 2 is 1.86 bits per heavy atom. The summed E-state index contributed by atoms with van der Waals surface area (Å²) in [4.78, 5) is 13.4. The van der Waals surface area contributed by atoms with Crippen LogP contribution in [0.3, 0.4) is 0 Å². The minimum atomic E-state index is -0.0386. The normalized spacial score (nSPS) is 17.9. The van der Waals surface area contributed by atoms with E-state index in [9.17, 15) is 4.79 Å².